The van der Waals surface area contributed by atoms with Crippen molar-refractivity contribution >= 4 is 0 Å². The van der Waals surface area contributed by atoms with E-state index in [1.165, 1.54) is 11.1 Å². The van der Waals surface area contributed by atoms with Crippen LogP contribution in [0.15, 0.2) is 24.3 Å². The molecule has 0 aliphatic heterocycles. The molecule has 0 saturated heterocycles. The summed E-state index contributed by atoms with van der Waals surface area (Å²) < 4.78 is 0. The molecule has 0 aliphatic carbocycles. The average Bonchev–Trinajstić information content (AvgIpc) is 1.64. The molecule has 1 aromatic carbocycles. The van der Waals surface area contributed by atoms with Gasteiger partial charge in [0.15, 0.2) is 0 Å². The van der Waals surface area contributed by atoms with Crippen molar-refractivity contribution in [3.63, 3.8) is 0 Å². The van der Waals surface area contributed by atoms with Gasteiger partial charge in [-0.05, 0) is 13.8 Å². The third kappa shape index (κ3) is 3.04. The molecule has 0 amide bonds. The molecule has 0 fully saturated rings. The van der Waals surface area contributed by atoms with Gasteiger partial charge in [-0.3, -0.25) is 0 Å². The Bertz CT molecular complexity index is 164. The maximum Gasteiger partial charge on any atom is 1.00 e. The monoisotopic (exact) mass is 129 g/mol. The van der Waals surface area contributed by atoms with E-state index < -0.39 is 0 Å². The number of benzene rings is 1. The summed E-state index contributed by atoms with van der Waals surface area (Å²) in [6, 6.07) is 8.45. The standard InChI is InChI=1S/C8H10.Na/c1-7-4-3-5-8(2)6-7;/h3-6H,1-2H3;/q;+1. The summed E-state index contributed by atoms with van der Waals surface area (Å²) >= 11 is 0. The molecule has 9 heavy (non-hydrogen) atoms. The van der Waals surface area contributed by atoms with Crippen LogP contribution in [0.2, 0.25) is 0 Å². The van der Waals surface area contributed by atoms with Gasteiger partial charge in [0.1, 0.15) is 0 Å². The Hall–Kier alpha value is 0.220. The predicted octanol–water partition coefficient (Wildman–Crippen LogP) is -0.693. The topological polar surface area (TPSA) is 0 Å². The molecule has 0 bridgehead atoms. The van der Waals surface area contributed by atoms with Crippen molar-refractivity contribution in [2.75, 3.05) is 0 Å². The minimum Gasteiger partial charge on any atom is -0.0617 e. The second-order valence-corrected chi connectivity index (χ2v) is 2.16. The van der Waals surface area contributed by atoms with Crippen LogP contribution in [0.3, 0.4) is 0 Å². The van der Waals surface area contributed by atoms with E-state index in [0.29, 0.717) is 0 Å². The Balaban J connectivity index is 0.000000640. The molecule has 0 radical (unpaired) electrons. The van der Waals surface area contributed by atoms with Crippen molar-refractivity contribution in [3.05, 3.63) is 35.4 Å². The van der Waals surface area contributed by atoms with Crippen molar-refractivity contribution in [2.45, 2.75) is 13.8 Å². The summed E-state index contributed by atoms with van der Waals surface area (Å²) in [7, 11) is 0. The second-order valence-electron chi connectivity index (χ2n) is 2.16. The van der Waals surface area contributed by atoms with Crippen molar-refractivity contribution in [1.82, 2.24) is 0 Å². The molecule has 0 saturated carbocycles. The summed E-state index contributed by atoms with van der Waals surface area (Å²) in [5.41, 5.74) is 2.68. The van der Waals surface area contributed by atoms with Crippen LogP contribution >= 0.6 is 0 Å². The summed E-state index contributed by atoms with van der Waals surface area (Å²) in [5, 5.41) is 0. The molecular weight excluding hydrogens is 119 g/mol. The third-order valence-corrected chi connectivity index (χ3v) is 1.17. The first-order valence-electron chi connectivity index (χ1n) is 2.82. The van der Waals surface area contributed by atoms with Gasteiger partial charge in [0, 0.05) is 0 Å². The second kappa shape index (κ2) is 4.10. The fourth-order valence-electron chi connectivity index (χ4n) is 0.807. The van der Waals surface area contributed by atoms with Crippen LogP contribution in [0.1, 0.15) is 11.1 Å². The molecule has 0 unspecified atom stereocenters. The average molecular weight is 129 g/mol. The van der Waals surface area contributed by atoms with E-state index in [4.69, 9.17) is 0 Å². The van der Waals surface area contributed by atoms with Crippen LogP contribution in [-0.2, 0) is 0 Å². The largest absolute Gasteiger partial charge is 1.00 e. The smallest absolute Gasteiger partial charge is 0.0617 e. The Kier molecular flexibility index (Phi) is 4.20. The molecule has 0 heterocycles. The van der Waals surface area contributed by atoms with Gasteiger partial charge in [0.05, 0.1) is 0 Å². The summed E-state index contributed by atoms with van der Waals surface area (Å²) in [6.45, 7) is 4.21. The number of hydrogen-bond acceptors (Lipinski definition) is 0. The van der Waals surface area contributed by atoms with E-state index in [2.05, 4.69) is 38.1 Å². The quantitative estimate of drug-likeness (QED) is 0.407. The molecule has 0 aromatic heterocycles. The minimum atomic E-state index is 0. The summed E-state index contributed by atoms with van der Waals surface area (Å²) in [4.78, 5) is 0. The predicted molar refractivity (Wildman–Crippen MR) is 35.9 cm³/mol. The van der Waals surface area contributed by atoms with E-state index in [1.807, 2.05) is 0 Å². The van der Waals surface area contributed by atoms with Crippen LogP contribution in [0.25, 0.3) is 0 Å². The molecular formula is C8H10Na+. The van der Waals surface area contributed by atoms with Crippen molar-refractivity contribution in [3.8, 4) is 0 Å². The van der Waals surface area contributed by atoms with E-state index in [0.717, 1.165) is 0 Å². The molecule has 42 valence electrons. The van der Waals surface area contributed by atoms with E-state index in [9.17, 15) is 0 Å². The van der Waals surface area contributed by atoms with Gasteiger partial charge in [0.25, 0.3) is 0 Å². The fraction of sp³-hybridized carbons (Fsp3) is 0.250. The number of rotatable bonds is 0. The van der Waals surface area contributed by atoms with Gasteiger partial charge in [0.2, 0.25) is 0 Å². The van der Waals surface area contributed by atoms with Crippen LogP contribution in [0.4, 0.5) is 0 Å². The van der Waals surface area contributed by atoms with E-state index >= 15 is 0 Å². The molecule has 1 heteroatoms. The fourth-order valence-corrected chi connectivity index (χ4v) is 0.807. The zero-order valence-corrected chi connectivity index (χ0v) is 8.31. The first kappa shape index (κ1) is 9.22. The van der Waals surface area contributed by atoms with Gasteiger partial charge in [-0.1, -0.05) is 35.4 Å². The molecule has 0 atom stereocenters. The van der Waals surface area contributed by atoms with Crippen LogP contribution in [0.5, 0.6) is 0 Å². The molecule has 0 aliphatic rings. The van der Waals surface area contributed by atoms with Crippen LogP contribution < -0.4 is 29.6 Å². The first-order valence-corrected chi connectivity index (χ1v) is 2.82. The number of hydrogen-bond donors (Lipinski definition) is 0. The molecule has 0 nitrogen and oxygen atoms in total. The van der Waals surface area contributed by atoms with Crippen LogP contribution in [0, 0.1) is 13.8 Å². The maximum atomic E-state index is 2.17. The van der Waals surface area contributed by atoms with Crippen LogP contribution in [-0.4, -0.2) is 0 Å². The molecule has 0 spiro atoms. The molecule has 0 N–H and O–H groups in total. The van der Waals surface area contributed by atoms with E-state index in [-0.39, 0.29) is 29.6 Å². The Morgan fingerprint density at radius 3 is 1.67 bits per heavy atom. The van der Waals surface area contributed by atoms with Gasteiger partial charge in [-0.2, -0.15) is 0 Å². The van der Waals surface area contributed by atoms with Gasteiger partial charge in [-0.25, -0.2) is 0 Å². The molecule has 1 aromatic rings. The maximum absolute atomic E-state index is 2.17. The number of aryl methyl sites for hydroxylation is 2. The Morgan fingerprint density at radius 2 is 1.44 bits per heavy atom. The molecule has 1 rings (SSSR count). The Labute approximate surface area is 78.6 Å². The van der Waals surface area contributed by atoms with E-state index in [1.54, 1.807) is 0 Å². The zero-order chi connectivity index (χ0) is 5.98. The van der Waals surface area contributed by atoms with Gasteiger partial charge >= 0.3 is 29.6 Å². The van der Waals surface area contributed by atoms with Crippen molar-refractivity contribution in [2.24, 2.45) is 0 Å². The van der Waals surface area contributed by atoms with Gasteiger partial charge in [-0.15, -0.1) is 0 Å². The SMILES string of the molecule is Cc1cccc(C)c1.[Na+]. The van der Waals surface area contributed by atoms with Crippen molar-refractivity contribution < 1.29 is 29.6 Å². The zero-order valence-electron chi connectivity index (χ0n) is 6.31. The summed E-state index contributed by atoms with van der Waals surface area (Å²) in [6.07, 6.45) is 0. The van der Waals surface area contributed by atoms with Crippen molar-refractivity contribution in [1.29, 1.82) is 0 Å². The normalized spacial score (nSPS) is 8.22. The Morgan fingerprint density at radius 1 is 1.00 bits per heavy atom. The van der Waals surface area contributed by atoms with Gasteiger partial charge < -0.3 is 0 Å². The first-order chi connectivity index (χ1) is 3.79. The third-order valence-electron chi connectivity index (χ3n) is 1.17. The minimum absolute atomic E-state index is 0. The summed E-state index contributed by atoms with van der Waals surface area (Å²) in [5.74, 6) is 0.